The normalized spacial score (nSPS) is 11.4. The summed E-state index contributed by atoms with van der Waals surface area (Å²) in [5.41, 5.74) is 6.20. The Balaban J connectivity index is 2.11. The van der Waals surface area contributed by atoms with E-state index in [1.165, 1.54) is 33.3 Å². The van der Waals surface area contributed by atoms with Gasteiger partial charge in [-0.2, -0.15) is 0 Å². The number of halogens is 2. The van der Waals surface area contributed by atoms with Gasteiger partial charge in [-0.05, 0) is 19.1 Å². The Morgan fingerprint density at radius 3 is 2.19 bits per heavy atom. The zero-order valence-electron chi connectivity index (χ0n) is 14.8. The molecule has 0 aliphatic rings. The molecule has 0 heterocycles. The van der Waals surface area contributed by atoms with Gasteiger partial charge in [-0.15, -0.1) is 0 Å². The molecule has 9 heteroatoms. The standard InChI is InChI=1S/C18H18Cl2N2O5/c1-9(27-18(24)14-4-10(19)5-15(20)16(14)21)17(23)22-11-6-12(25-2)8-13(7-11)26-3/h4-9H,21H2,1-3H3,(H,22,23). The van der Waals surface area contributed by atoms with Crippen molar-refractivity contribution in [3.05, 3.63) is 45.9 Å². The second kappa shape index (κ2) is 8.83. The topological polar surface area (TPSA) is 99.9 Å². The van der Waals surface area contributed by atoms with Gasteiger partial charge in [-0.25, -0.2) is 4.79 Å². The van der Waals surface area contributed by atoms with E-state index in [4.69, 9.17) is 43.1 Å². The summed E-state index contributed by atoms with van der Waals surface area (Å²) in [6.45, 7) is 1.42. The predicted molar refractivity (Wildman–Crippen MR) is 104 cm³/mol. The van der Waals surface area contributed by atoms with Crippen LogP contribution in [0, 0.1) is 0 Å². The number of rotatable bonds is 6. The molecule has 3 N–H and O–H groups in total. The van der Waals surface area contributed by atoms with Gasteiger partial charge in [-0.1, -0.05) is 23.2 Å². The molecule has 0 aliphatic carbocycles. The molecule has 0 spiro atoms. The zero-order chi connectivity index (χ0) is 20.1. The third kappa shape index (κ3) is 5.18. The minimum absolute atomic E-state index is 0.0183. The van der Waals surface area contributed by atoms with E-state index < -0.39 is 18.0 Å². The predicted octanol–water partition coefficient (Wildman–Crippen LogP) is 3.78. The van der Waals surface area contributed by atoms with Gasteiger partial charge in [0.15, 0.2) is 6.10 Å². The third-order valence-electron chi connectivity index (χ3n) is 3.59. The minimum Gasteiger partial charge on any atom is -0.497 e. The first kappa shape index (κ1) is 20.7. The first-order chi connectivity index (χ1) is 12.7. The number of esters is 1. The molecular formula is C18H18Cl2N2O5. The highest BCUT2D eigenvalue weighted by atomic mass is 35.5. The summed E-state index contributed by atoms with van der Waals surface area (Å²) in [4.78, 5) is 24.6. The van der Waals surface area contributed by atoms with Crippen molar-refractivity contribution in [1.29, 1.82) is 0 Å². The summed E-state index contributed by atoms with van der Waals surface area (Å²) >= 11 is 11.8. The number of benzene rings is 2. The first-order valence-electron chi connectivity index (χ1n) is 7.74. The van der Waals surface area contributed by atoms with Gasteiger partial charge in [0.25, 0.3) is 5.91 Å². The lowest BCUT2D eigenvalue weighted by Gasteiger charge is -2.15. The Labute approximate surface area is 166 Å². The van der Waals surface area contributed by atoms with E-state index in [9.17, 15) is 9.59 Å². The van der Waals surface area contributed by atoms with Crippen LogP contribution in [0.1, 0.15) is 17.3 Å². The molecule has 1 atom stereocenters. The summed E-state index contributed by atoms with van der Waals surface area (Å²) in [5.74, 6) is -0.376. The van der Waals surface area contributed by atoms with Crippen LogP contribution in [-0.2, 0) is 9.53 Å². The van der Waals surface area contributed by atoms with Gasteiger partial charge >= 0.3 is 5.97 Å². The zero-order valence-corrected chi connectivity index (χ0v) is 16.4. The van der Waals surface area contributed by atoms with Crippen LogP contribution in [-0.4, -0.2) is 32.2 Å². The summed E-state index contributed by atoms with van der Waals surface area (Å²) in [7, 11) is 2.98. The van der Waals surface area contributed by atoms with E-state index >= 15 is 0 Å². The van der Waals surface area contributed by atoms with E-state index in [-0.39, 0.29) is 21.3 Å². The van der Waals surface area contributed by atoms with Crippen LogP contribution in [0.25, 0.3) is 0 Å². The fourth-order valence-corrected chi connectivity index (χ4v) is 2.65. The molecule has 0 saturated heterocycles. The van der Waals surface area contributed by atoms with Gasteiger partial charge < -0.3 is 25.3 Å². The second-order valence-corrected chi connectivity index (χ2v) is 6.33. The molecule has 0 aliphatic heterocycles. The smallest absolute Gasteiger partial charge is 0.341 e. The average Bonchev–Trinajstić information content (AvgIpc) is 2.63. The van der Waals surface area contributed by atoms with Gasteiger partial charge in [0.1, 0.15) is 11.5 Å². The molecule has 0 aromatic heterocycles. The number of methoxy groups -OCH3 is 2. The molecular weight excluding hydrogens is 395 g/mol. The summed E-state index contributed by atoms with van der Waals surface area (Å²) in [6, 6.07) is 7.59. The number of carbonyl (C=O) groups excluding carboxylic acids is 2. The lowest BCUT2D eigenvalue weighted by atomic mass is 10.2. The van der Waals surface area contributed by atoms with Crippen molar-refractivity contribution in [1.82, 2.24) is 0 Å². The monoisotopic (exact) mass is 412 g/mol. The van der Waals surface area contributed by atoms with Gasteiger partial charge in [0.05, 0.1) is 30.5 Å². The van der Waals surface area contributed by atoms with Crippen LogP contribution >= 0.6 is 23.2 Å². The molecule has 0 saturated carbocycles. The van der Waals surface area contributed by atoms with E-state index in [1.807, 2.05) is 0 Å². The molecule has 0 bridgehead atoms. The number of carbonyl (C=O) groups is 2. The van der Waals surface area contributed by atoms with Crippen molar-refractivity contribution >= 4 is 46.5 Å². The lowest BCUT2D eigenvalue weighted by Crippen LogP contribution is -2.30. The number of nitrogens with one attached hydrogen (secondary N) is 1. The number of nitrogens with two attached hydrogens (primary N) is 1. The van der Waals surface area contributed by atoms with Crippen molar-refractivity contribution < 1.29 is 23.8 Å². The number of nitrogen functional groups attached to an aromatic ring is 1. The van der Waals surface area contributed by atoms with Crippen molar-refractivity contribution in [3.8, 4) is 11.5 Å². The highest BCUT2D eigenvalue weighted by molar-refractivity contribution is 6.37. The maximum absolute atomic E-state index is 12.3. The van der Waals surface area contributed by atoms with Gasteiger partial charge in [0, 0.05) is 28.9 Å². The number of hydrogen-bond donors (Lipinski definition) is 2. The van der Waals surface area contributed by atoms with Gasteiger partial charge in [0.2, 0.25) is 0 Å². The number of hydrogen-bond acceptors (Lipinski definition) is 6. The maximum atomic E-state index is 12.3. The Morgan fingerprint density at radius 1 is 1.04 bits per heavy atom. The van der Waals surface area contributed by atoms with Crippen LogP contribution < -0.4 is 20.5 Å². The molecule has 1 unspecified atom stereocenters. The Hall–Kier alpha value is -2.64. The Kier molecular flexibility index (Phi) is 6.76. The van der Waals surface area contributed by atoms with Crippen molar-refractivity contribution in [2.45, 2.75) is 13.0 Å². The van der Waals surface area contributed by atoms with Crippen LogP contribution in [0.4, 0.5) is 11.4 Å². The fourth-order valence-electron chi connectivity index (χ4n) is 2.15. The Bertz CT molecular complexity index is 851. The first-order valence-corrected chi connectivity index (χ1v) is 8.50. The summed E-state index contributed by atoms with van der Waals surface area (Å²) in [5, 5.41) is 2.97. The fraction of sp³-hybridized carbons (Fsp3) is 0.222. The molecule has 27 heavy (non-hydrogen) atoms. The molecule has 0 fully saturated rings. The highest BCUT2D eigenvalue weighted by Gasteiger charge is 2.22. The van der Waals surface area contributed by atoms with Crippen molar-refractivity contribution in [2.75, 3.05) is 25.3 Å². The molecule has 2 aromatic carbocycles. The SMILES string of the molecule is COc1cc(NC(=O)C(C)OC(=O)c2cc(Cl)cc(Cl)c2N)cc(OC)c1. The van der Waals surface area contributed by atoms with Gasteiger partial charge in [-0.3, -0.25) is 4.79 Å². The molecule has 2 rings (SSSR count). The molecule has 1 amide bonds. The third-order valence-corrected chi connectivity index (χ3v) is 4.12. The van der Waals surface area contributed by atoms with Crippen LogP contribution in [0.2, 0.25) is 10.0 Å². The van der Waals surface area contributed by atoms with Crippen molar-refractivity contribution in [2.24, 2.45) is 0 Å². The Morgan fingerprint density at radius 2 is 1.63 bits per heavy atom. The van der Waals surface area contributed by atoms with Crippen LogP contribution in [0.5, 0.6) is 11.5 Å². The van der Waals surface area contributed by atoms with E-state index in [1.54, 1.807) is 18.2 Å². The second-order valence-electron chi connectivity index (χ2n) is 5.49. The van der Waals surface area contributed by atoms with E-state index in [0.29, 0.717) is 17.2 Å². The average molecular weight is 413 g/mol. The molecule has 7 nitrogen and oxygen atoms in total. The molecule has 0 radical (unpaired) electrons. The van der Waals surface area contributed by atoms with Crippen molar-refractivity contribution in [3.63, 3.8) is 0 Å². The van der Waals surface area contributed by atoms with E-state index in [0.717, 1.165) is 0 Å². The minimum atomic E-state index is -1.10. The quantitative estimate of drug-likeness (QED) is 0.553. The number of amides is 1. The van der Waals surface area contributed by atoms with E-state index in [2.05, 4.69) is 5.32 Å². The van der Waals surface area contributed by atoms with Crippen LogP contribution in [0.3, 0.4) is 0 Å². The maximum Gasteiger partial charge on any atom is 0.341 e. The molecule has 2 aromatic rings. The lowest BCUT2D eigenvalue weighted by molar-refractivity contribution is -0.123. The summed E-state index contributed by atoms with van der Waals surface area (Å²) in [6.07, 6.45) is -1.10. The highest BCUT2D eigenvalue weighted by Crippen LogP contribution is 2.29. The number of ether oxygens (including phenoxy) is 3. The largest absolute Gasteiger partial charge is 0.497 e. The summed E-state index contributed by atoms with van der Waals surface area (Å²) < 4.78 is 15.4. The van der Waals surface area contributed by atoms with Crippen LogP contribution in [0.15, 0.2) is 30.3 Å². The molecule has 144 valence electrons. The number of anilines is 2.